The summed E-state index contributed by atoms with van der Waals surface area (Å²) in [6.07, 6.45) is -4.93. The van der Waals surface area contributed by atoms with Gasteiger partial charge in [0.25, 0.3) is 11.8 Å². The van der Waals surface area contributed by atoms with Gasteiger partial charge in [0.05, 0.1) is 5.52 Å². The first-order valence-corrected chi connectivity index (χ1v) is 10.5. The van der Waals surface area contributed by atoms with Crippen molar-refractivity contribution in [3.63, 3.8) is 0 Å². The lowest BCUT2D eigenvalue weighted by Gasteiger charge is -2.11. The maximum Gasteiger partial charge on any atom is 0.573 e. The molecule has 0 aliphatic heterocycles. The Labute approximate surface area is 201 Å². The maximum absolute atomic E-state index is 14.1. The first kappa shape index (κ1) is 24.7. The summed E-state index contributed by atoms with van der Waals surface area (Å²) in [6.45, 7) is 1.29. The quantitative estimate of drug-likeness (QED) is 0.347. The van der Waals surface area contributed by atoms with E-state index < -0.39 is 23.8 Å². The number of carbonyl (C=O) groups excluding carboxylic acids is 2. The molecule has 0 saturated heterocycles. The zero-order valence-corrected chi connectivity index (χ0v) is 19.2. The number of H-pyrrole nitrogens is 1. The summed E-state index contributed by atoms with van der Waals surface area (Å²) in [7, 11) is 3.21. The largest absolute Gasteiger partial charge is 0.573 e. The molecule has 0 aliphatic carbocycles. The van der Waals surface area contributed by atoms with Crippen LogP contribution in [-0.4, -0.2) is 45.0 Å². The minimum absolute atomic E-state index is 0.0614. The van der Waals surface area contributed by atoms with Crippen molar-refractivity contribution < 1.29 is 31.9 Å². The van der Waals surface area contributed by atoms with Crippen molar-refractivity contribution in [1.82, 2.24) is 30.4 Å². The fourth-order valence-corrected chi connectivity index (χ4v) is 3.65. The number of amides is 2. The second-order valence-corrected chi connectivity index (χ2v) is 7.82. The van der Waals surface area contributed by atoms with E-state index in [9.17, 15) is 27.2 Å². The van der Waals surface area contributed by atoms with E-state index >= 15 is 0 Å². The predicted octanol–water partition coefficient (Wildman–Crippen LogP) is 3.60. The summed E-state index contributed by atoms with van der Waals surface area (Å²) in [4.78, 5) is 29.2. The Bertz CT molecular complexity index is 1470. The molecular weight excluding hydrogens is 484 g/mol. The van der Waals surface area contributed by atoms with Crippen molar-refractivity contribution in [2.24, 2.45) is 7.05 Å². The lowest BCUT2D eigenvalue weighted by atomic mass is 10.1. The fraction of sp³-hybridized carbons (Fsp3) is 0.217. The lowest BCUT2D eigenvalue weighted by Crippen LogP contribution is -2.25. The number of halogens is 4. The Kier molecular flexibility index (Phi) is 6.39. The number of aromatic nitrogens is 4. The van der Waals surface area contributed by atoms with Crippen LogP contribution < -0.4 is 15.4 Å². The molecule has 2 aromatic heterocycles. The highest BCUT2D eigenvalue weighted by Gasteiger charge is 2.31. The number of alkyl halides is 3. The van der Waals surface area contributed by atoms with E-state index in [0.29, 0.717) is 28.0 Å². The van der Waals surface area contributed by atoms with Gasteiger partial charge in [0.15, 0.2) is 5.69 Å². The van der Waals surface area contributed by atoms with Gasteiger partial charge in [-0.05, 0) is 37.3 Å². The molecule has 0 aliphatic rings. The maximum atomic E-state index is 14.1. The van der Waals surface area contributed by atoms with Crippen LogP contribution in [0.1, 0.15) is 32.2 Å². The van der Waals surface area contributed by atoms with Gasteiger partial charge in [-0.25, -0.2) is 9.37 Å². The third-order valence-corrected chi connectivity index (χ3v) is 5.55. The topological polar surface area (TPSA) is 114 Å². The van der Waals surface area contributed by atoms with Gasteiger partial charge >= 0.3 is 6.36 Å². The molecule has 36 heavy (non-hydrogen) atoms. The normalized spacial score (nSPS) is 11.5. The average molecular weight is 504 g/mol. The van der Waals surface area contributed by atoms with Crippen molar-refractivity contribution in [3.8, 4) is 17.1 Å². The van der Waals surface area contributed by atoms with Crippen molar-refractivity contribution in [2.75, 3.05) is 7.05 Å². The zero-order chi connectivity index (χ0) is 26.2. The summed E-state index contributed by atoms with van der Waals surface area (Å²) < 4.78 is 56.9. The second-order valence-electron chi connectivity index (χ2n) is 7.82. The number of nitrogens with zero attached hydrogens (tertiary/aromatic N) is 3. The van der Waals surface area contributed by atoms with E-state index in [-0.39, 0.29) is 29.4 Å². The third kappa shape index (κ3) is 4.85. The fourth-order valence-electron chi connectivity index (χ4n) is 3.65. The van der Waals surface area contributed by atoms with Crippen molar-refractivity contribution in [3.05, 3.63) is 64.9 Å². The minimum atomic E-state index is -4.93. The van der Waals surface area contributed by atoms with E-state index in [1.54, 1.807) is 36.7 Å². The molecule has 188 valence electrons. The zero-order valence-electron chi connectivity index (χ0n) is 19.2. The molecule has 0 radical (unpaired) electrons. The number of fused-ring (bicyclic) bond motifs is 1. The van der Waals surface area contributed by atoms with Gasteiger partial charge in [-0.2, -0.15) is 5.10 Å². The van der Waals surface area contributed by atoms with Crippen molar-refractivity contribution >= 4 is 22.7 Å². The van der Waals surface area contributed by atoms with Crippen LogP contribution in [0.4, 0.5) is 17.6 Å². The lowest BCUT2D eigenvalue weighted by molar-refractivity contribution is -0.274. The first-order chi connectivity index (χ1) is 17.0. The van der Waals surface area contributed by atoms with Crippen LogP contribution in [0, 0.1) is 12.7 Å². The highest BCUT2D eigenvalue weighted by atomic mass is 19.4. The van der Waals surface area contributed by atoms with Gasteiger partial charge in [0.1, 0.15) is 23.1 Å². The number of imidazole rings is 1. The highest BCUT2D eigenvalue weighted by Crippen LogP contribution is 2.27. The summed E-state index contributed by atoms with van der Waals surface area (Å²) in [5, 5.41) is 12.4. The van der Waals surface area contributed by atoms with Crippen LogP contribution in [0.15, 0.2) is 36.4 Å². The molecule has 0 bridgehead atoms. The van der Waals surface area contributed by atoms with Crippen LogP contribution in [0.3, 0.4) is 0 Å². The molecule has 4 rings (SSSR count). The molecule has 2 heterocycles. The molecule has 3 N–H and O–H groups in total. The summed E-state index contributed by atoms with van der Waals surface area (Å²) in [5.41, 5.74) is 1.86. The van der Waals surface area contributed by atoms with E-state index in [4.69, 9.17) is 0 Å². The molecule has 13 heteroatoms. The molecule has 0 fully saturated rings. The average Bonchev–Trinajstić information content (AvgIpc) is 3.38. The Morgan fingerprint density at radius 2 is 1.86 bits per heavy atom. The molecule has 2 aromatic carbocycles. The molecule has 0 unspecified atom stereocenters. The number of benzene rings is 2. The van der Waals surface area contributed by atoms with Crippen LogP contribution in [-0.2, 0) is 13.6 Å². The van der Waals surface area contributed by atoms with Crippen LogP contribution in [0.5, 0.6) is 5.75 Å². The molecule has 9 nitrogen and oxygen atoms in total. The van der Waals surface area contributed by atoms with Gasteiger partial charge < -0.3 is 19.9 Å². The van der Waals surface area contributed by atoms with Crippen LogP contribution in [0.2, 0.25) is 0 Å². The monoisotopic (exact) mass is 504 g/mol. The SMILES string of the molecule is CNC(=O)c1n[nH]c2cc(-c3nc(C(=O)NCc4cc(OC(F)(F)F)ccc4F)c(C)n3C)ccc12. The van der Waals surface area contributed by atoms with E-state index in [2.05, 4.69) is 30.6 Å². The van der Waals surface area contributed by atoms with Crippen molar-refractivity contribution in [2.45, 2.75) is 19.8 Å². The number of rotatable bonds is 6. The smallest absolute Gasteiger partial charge is 0.406 e. The van der Waals surface area contributed by atoms with Gasteiger partial charge in [-0.3, -0.25) is 14.7 Å². The molecular formula is C23H20F4N6O3. The van der Waals surface area contributed by atoms with E-state index in [1.807, 2.05) is 0 Å². The van der Waals surface area contributed by atoms with E-state index in [0.717, 1.165) is 18.2 Å². The highest BCUT2D eigenvalue weighted by molar-refractivity contribution is 6.05. The molecule has 4 aromatic rings. The minimum Gasteiger partial charge on any atom is -0.406 e. The van der Waals surface area contributed by atoms with Gasteiger partial charge in [0, 0.05) is 42.8 Å². The number of aromatic amines is 1. The number of nitrogens with one attached hydrogen (secondary N) is 3. The standard InChI is InChI=1S/C23H20F4N6O3/c1-11-18(22(35)29-10-13-8-14(5-7-16(13)24)36-23(25,26)27)30-20(33(11)3)12-4-6-15-17(9-12)31-32-19(15)21(34)28-2/h4-9H,10H2,1-3H3,(H,28,34)(H,29,35)(H,31,32). The number of carbonyl (C=O) groups is 2. The number of hydrogen-bond donors (Lipinski definition) is 3. The summed E-state index contributed by atoms with van der Waals surface area (Å²) in [6, 6.07) is 7.72. The van der Waals surface area contributed by atoms with Crippen LogP contribution >= 0.6 is 0 Å². The number of hydrogen-bond acceptors (Lipinski definition) is 5. The third-order valence-electron chi connectivity index (χ3n) is 5.55. The molecule has 0 spiro atoms. The van der Waals surface area contributed by atoms with E-state index in [1.165, 1.54) is 7.05 Å². The Morgan fingerprint density at radius 1 is 1.11 bits per heavy atom. The molecule has 2 amide bonds. The Morgan fingerprint density at radius 3 is 2.56 bits per heavy atom. The summed E-state index contributed by atoms with van der Waals surface area (Å²) >= 11 is 0. The summed E-state index contributed by atoms with van der Waals surface area (Å²) in [5.74, 6) is -1.93. The van der Waals surface area contributed by atoms with Gasteiger partial charge in [-0.1, -0.05) is 6.07 Å². The first-order valence-electron chi connectivity index (χ1n) is 10.5. The predicted molar refractivity (Wildman–Crippen MR) is 121 cm³/mol. The van der Waals surface area contributed by atoms with Gasteiger partial charge in [0.2, 0.25) is 0 Å². The molecule has 0 saturated carbocycles. The van der Waals surface area contributed by atoms with Crippen LogP contribution in [0.25, 0.3) is 22.3 Å². The Hall–Kier alpha value is -4.42. The van der Waals surface area contributed by atoms with Gasteiger partial charge in [-0.15, -0.1) is 13.2 Å². The van der Waals surface area contributed by atoms with Crippen molar-refractivity contribution in [1.29, 1.82) is 0 Å². The Balaban J connectivity index is 1.56. The molecule has 0 atom stereocenters. The second kappa shape index (κ2) is 9.32. The number of ether oxygens (including phenoxy) is 1.